The van der Waals surface area contributed by atoms with Gasteiger partial charge < -0.3 is 5.73 Å². The summed E-state index contributed by atoms with van der Waals surface area (Å²) in [6.07, 6.45) is 0. The maximum atomic E-state index is 5.92. The van der Waals surface area contributed by atoms with E-state index < -0.39 is 0 Å². The van der Waals surface area contributed by atoms with Crippen molar-refractivity contribution >= 4 is 0 Å². The Labute approximate surface area is 81.0 Å². The van der Waals surface area contributed by atoms with Crippen LogP contribution in [-0.4, -0.2) is 0 Å². The van der Waals surface area contributed by atoms with E-state index in [4.69, 9.17) is 5.73 Å². The van der Waals surface area contributed by atoms with Crippen LogP contribution in [0.25, 0.3) is 0 Å². The minimum Gasteiger partial charge on any atom is -0.324 e. The number of rotatable bonds is 2. The minimum atomic E-state index is 0.136. The van der Waals surface area contributed by atoms with Gasteiger partial charge in [-0.2, -0.15) is 0 Å². The summed E-state index contributed by atoms with van der Waals surface area (Å²) in [7, 11) is 0. The molecular weight excluding hydrogens is 158 g/mol. The number of aryl methyl sites for hydroxylation is 1. The van der Waals surface area contributed by atoms with E-state index in [1.54, 1.807) is 0 Å². The Kier molecular flexibility index (Phi) is 3.10. The molecule has 0 radical (unpaired) electrons. The predicted octanol–water partition coefficient (Wildman–Crippen LogP) is 3.14. The lowest BCUT2D eigenvalue weighted by molar-refractivity contribution is 0.760. The maximum absolute atomic E-state index is 5.92. The van der Waals surface area contributed by atoms with Crippen LogP contribution < -0.4 is 5.73 Å². The van der Waals surface area contributed by atoms with E-state index in [0.29, 0.717) is 5.92 Å². The summed E-state index contributed by atoms with van der Waals surface area (Å²) < 4.78 is 0. The number of benzene rings is 1. The van der Waals surface area contributed by atoms with Crippen molar-refractivity contribution in [1.29, 1.82) is 0 Å². The van der Waals surface area contributed by atoms with Crippen molar-refractivity contribution in [1.82, 2.24) is 0 Å². The molecule has 1 heteroatoms. The Morgan fingerprint density at radius 3 is 2.15 bits per heavy atom. The van der Waals surface area contributed by atoms with Gasteiger partial charge in [0.25, 0.3) is 0 Å². The van der Waals surface area contributed by atoms with Crippen LogP contribution in [0.5, 0.6) is 0 Å². The van der Waals surface area contributed by atoms with Gasteiger partial charge >= 0.3 is 0 Å². The lowest BCUT2D eigenvalue weighted by Gasteiger charge is -2.18. The number of hydrogen-bond acceptors (Lipinski definition) is 1. The molecule has 0 aliphatic carbocycles. The van der Waals surface area contributed by atoms with E-state index in [0.717, 1.165) is 0 Å². The van der Waals surface area contributed by atoms with Gasteiger partial charge in [-0.1, -0.05) is 32.0 Å². The van der Waals surface area contributed by atoms with Crippen molar-refractivity contribution in [3.05, 3.63) is 34.9 Å². The average Bonchev–Trinajstić information content (AvgIpc) is 2.02. The van der Waals surface area contributed by atoms with E-state index >= 15 is 0 Å². The van der Waals surface area contributed by atoms with Crippen LogP contribution in [0.2, 0.25) is 0 Å². The fraction of sp³-hybridized carbons (Fsp3) is 0.500. The zero-order chi connectivity index (χ0) is 10.0. The highest BCUT2D eigenvalue weighted by Gasteiger charge is 2.11. The van der Waals surface area contributed by atoms with Crippen molar-refractivity contribution in [3.63, 3.8) is 0 Å². The molecule has 1 aromatic carbocycles. The number of nitrogens with two attached hydrogens (primary N) is 1. The van der Waals surface area contributed by atoms with Gasteiger partial charge in [-0.3, -0.25) is 0 Å². The van der Waals surface area contributed by atoms with Crippen molar-refractivity contribution in [3.8, 4) is 0 Å². The monoisotopic (exact) mass is 177 g/mol. The van der Waals surface area contributed by atoms with Crippen LogP contribution in [0.3, 0.4) is 0 Å². The molecule has 0 fully saturated rings. The van der Waals surface area contributed by atoms with Gasteiger partial charge in [0.15, 0.2) is 0 Å². The van der Waals surface area contributed by atoms with Crippen molar-refractivity contribution in [2.45, 2.75) is 39.7 Å². The summed E-state index contributed by atoms with van der Waals surface area (Å²) in [6.45, 7) is 8.63. The average molecular weight is 177 g/mol. The molecular formula is C12H19N. The lowest BCUT2D eigenvalue weighted by Crippen LogP contribution is -2.10. The second-order valence-electron chi connectivity index (χ2n) is 4.02. The molecule has 0 saturated carbocycles. The summed E-state index contributed by atoms with van der Waals surface area (Å²) in [5.41, 5.74) is 9.97. The molecule has 2 N–H and O–H groups in total. The van der Waals surface area contributed by atoms with Gasteiger partial charge in [-0.05, 0) is 36.5 Å². The molecule has 0 aliphatic rings. The molecule has 1 unspecified atom stereocenters. The van der Waals surface area contributed by atoms with Gasteiger partial charge in [0.1, 0.15) is 0 Å². The highest BCUT2D eigenvalue weighted by molar-refractivity contribution is 5.38. The highest BCUT2D eigenvalue weighted by atomic mass is 14.6. The van der Waals surface area contributed by atoms with Crippen LogP contribution in [-0.2, 0) is 0 Å². The Balaban J connectivity index is 3.26. The summed E-state index contributed by atoms with van der Waals surface area (Å²) >= 11 is 0. The first kappa shape index (κ1) is 10.3. The molecule has 72 valence electrons. The molecule has 0 aromatic heterocycles. The molecule has 0 saturated heterocycles. The Morgan fingerprint density at radius 1 is 1.15 bits per heavy atom. The topological polar surface area (TPSA) is 26.0 Å². The second-order valence-corrected chi connectivity index (χ2v) is 4.02. The second kappa shape index (κ2) is 3.93. The van der Waals surface area contributed by atoms with E-state index in [9.17, 15) is 0 Å². The van der Waals surface area contributed by atoms with Crippen LogP contribution >= 0.6 is 0 Å². The normalized spacial score (nSPS) is 13.4. The standard InChI is InChI=1S/C12H19N/c1-8(2)12-9(3)6-5-7-11(12)10(4)13/h5-8,10H,13H2,1-4H3. The van der Waals surface area contributed by atoms with Gasteiger partial charge in [-0.25, -0.2) is 0 Å². The summed E-state index contributed by atoms with van der Waals surface area (Å²) in [4.78, 5) is 0. The fourth-order valence-corrected chi connectivity index (χ4v) is 1.89. The van der Waals surface area contributed by atoms with Gasteiger partial charge in [0, 0.05) is 6.04 Å². The third kappa shape index (κ3) is 2.10. The predicted molar refractivity (Wildman–Crippen MR) is 57.9 cm³/mol. The zero-order valence-corrected chi connectivity index (χ0v) is 8.96. The van der Waals surface area contributed by atoms with Crippen LogP contribution in [0.1, 0.15) is 49.4 Å². The van der Waals surface area contributed by atoms with Crippen molar-refractivity contribution < 1.29 is 0 Å². The Morgan fingerprint density at radius 2 is 1.77 bits per heavy atom. The maximum Gasteiger partial charge on any atom is 0.0269 e. The van der Waals surface area contributed by atoms with E-state index in [-0.39, 0.29) is 6.04 Å². The molecule has 0 bridgehead atoms. The van der Waals surface area contributed by atoms with Crippen LogP contribution in [0.4, 0.5) is 0 Å². The third-order valence-electron chi connectivity index (χ3n) is 2.43. The van der Waals surface area contributed by atoms with Gasteiger partial charge in [-0.15, -0.1) is 0 Å². The molecule has 1 aromatic rings. The van der Waals surface area contributed by atoms with Gasteiger partial charge in [0.05, 0.1) is 0 Å². The molecule has 0 heterocycles. The minimum absolute atomic E-state index is 0.136. The quantitative estimate of drug-likeness (QED) is 0.738. The van der Waals surface area contributed by atoms with Crippen molar-refractivity contribution in [2.75, 3.05) is 0 Å². The molecule has 1 rings (SSSR count). The molecule has 0 aliphatic heterocycles. The largest absolute Gasteiger partial charge is 0.324 e. The SMILES string of the molecule is Cc1cccc(C(C)N)c1C(C)C. The number of hydrogen-bond donors (Lipinski definition) is 1. The summed E-state index contributed by atoms with van der Waals surface area (Å²) in [5, 5.41) is 0. The molecule has 0 amide bonds. The fourth-order valence-electron chi connectivity index (χ4n) is 1.89. The first-order chi connectivity index (χ1) is 6.04. The Bertz CT molecular complexity index is 287. The van der Waals surface area contributed by atoms with Gasteiger partial charge in [0.2, 0.25) is 0 Å². The van der Waals surface area contributed by atoms with Crippen LogP contribution in [0.15, 0.2) is 18.2 Å². The lowest BCUT2D eigenvalue weighted by atomic mass is 9.90. The summed E-state index contributed by atoms with van der Waals surface area (Å²) in [6, 6.07) is 6.51. The van der Waals surface area contributed by atoms with E-state index in [2.05, 4.69) is 39.0 Å². The van der Waals surface area contributed by atoms with E-state index in [1.807, 2.05) is 6.92 Å². The first-order valence-corrected chi connectivity index (χ1v) is 4.89. The van der Waals surface area contributed by atoms with E-state index in [1.165, 1.54) is 16.7 Å². The van der Waals surface area contributed by atoms with Crippen LogP contribution in [0, 0.1) is 6.92 Å². The Hall–Kier alpha value is -0.820. The zero-order valence-electron chi connectivity index (χ0n) is 8.96. The summed E-state index contributed by atoms with van der Waals surface area (Å²) in [5.74, 6) is 0.558. The van der Waals surface area contributed by atoms with Crippen molar-refractivity contribution in [2.24, 2.45) is 5.73 Å². The third-order valence-corrected chi connectivity index (χ3v) is 2.43. The molecule has 13 heavy (non-hydrogen) atoms. The smallest absolute Gasteiger partial charge is 0.0269 e. The molecule has 0 spiro atoms. The molecule has 1 nitrogen and oxygen atoms in total. The molecule has 1 atom stereocenters. The first-order valence-electron chi connectivity index (χ1n) is 4.89. The highest BCUT2D eigenvalue weighted by Crippen LogP contribution is 2.26.